The number of thiophene rings is 1. The molecule has 6 heteroatoms. The lowest BCUT2D eigenvalue weighted by atomic mass is 10.1. The van der Waals surface area contributed by atoms with Crippen LogP contribution in [0.1, 0.15) is 53.5 Å². The average molecular weight is 322 g/mol. The number of hydrogen-bond donors (Lipinski definition) is 1. The number of carboxylic acid groups (broad SMARTS) is 1. The van der Waals surface area contributed by atoms with Crippen molar-refractivity contribution in [2.24, 2.45) is 0 Å². The van der Waals surface area contributed by atoms with E-state index < -0.39 is 5.97 Å². The zero-order chi connectivity index (χ0) is 15.0. The first-order valence-electron chi connectivity index (χ1n) is 7.08. The largest absolute Gasteiger partial charge is 0.477 e. The molecular weight excluding hydrogens is 304 g/mol. The molecule has 21 heavy (non-hydrogen) atoms. The summed E-state index contributed by atoms with van der Waals surface area (Å²) in [7, 11) is 0. The molecule has 4 nitrogen and oxygen atoms in total. The molecule has 0 bridgehead atoms. The van der Waals surface area contributed by atoms with Crippen molar-refractivity contribution in [1.29, 1.82) is 0 Å². The van der Waals surface area contributed by atoms with Gasteiger partial charge >= 0.3 is 5.97 Å². The van der Waals surface area contributed by atoms with Gasteiger partial charge < -0.3 is 10.0 Å². The fourth-order valence-electron chi connectivity index (χ4n) is 2.31. The summed E-state index contributed by atoms with van der Waals surface area (Å²) in [5.74, 6) is -0.739. The van der Waals surface area contributed by atoms with Gasteiger partial charge in [-0.3, -0.25) is 0 Å². The van der Waals surface area contributed by atoms with E-state index in [1.165, 1.54) is 29.7 Å². The predicted molar refractivity (Wildman–Crippen MR) is 86.7 cm³/mol. The van der Waals surface area contributed by atoms with Crippen LogP contribution in [-0.4, -0.2) is 22.1 Å². The molecule has 2 heterocycles. The van der Waals surface area contributed by atoms with Crippen LogP contribution in [0.3, 0.4) is 0 Å². The van der Waals surface area contributed by atoms with Gasteiger partial charge in [0.05, 0.1) is 5.69 Å². The number of aromatic nitrogens is 1. The first-order valence-corrected chi connectivity index (χ1v) is 8.84. The lowest BCUT2D eigenvalue weighted by Crippen LogP contribution is -2.24. The highest BCUT2D eigenvalue weighted by atomic mass is 32.1. The summed E-state index contributed by atoms with van der Waals surface area (Å²) < 4.78 is 0. The summed E-state index contributed by atoms with van der Waals surface area (Å²) in [6, 6.07) is 2.63. The topological polar surface area (TPSA) is 53.4 Å². The number of rotatable bonds is 6. The van der Waals surface area contributed by atoms with Crippen LogP contribution in [0.2, 0.25) is 0 Å². The van der Waals surface area contributed by atoms with Crippen molar-refractivity contribution in [2.45, 2.75) is 45.2 Å². The molecule has 1 N–H and O–H groups in total. The molecule has 0 radical (unpaired) electrons. The molecule has 2 aromatic heterocycles. The van der Waals surface area contributed by atoms with Crippen LogP contribution in [0.5, 0.6) is 0 Å². The highest BCUT2D eigenvalue weighted by Crippen LogP contribution is 2.38. The van der Waals surface area contributed by atoms with Gasteiger partial charge in [-0.05, 0) is 41.1 Å². The number of carbonyl (C=O) groups is 1. The second-order valence-corrected chi connectivity index (χ2v) is 7.42. The van der Waals surface area contributed by atoms with Gasteiger partial charge in [0.2, 0.25) is 0 Å². The Morgan fingerprint density at radius 1 is 1.52 bits per heavy atom. The van der Waals surface area contributed by atoms with E-state index in [-0.39, 0.29) is 5.92 Å². The Morgan fingerprint density at radius 3 is 2.76 bits per heavy atom. The van der Waals surface area contributed by atoms with Gasteiger partial charge in [-0.1, -0.05) is 25.2 Å². The van der Waals surface area contributed by atoms with Crippen LogP contribution in [0.15, 0.2) is 16.8 Å². The monoisotopic (exact) mass is 322 g/mol. The zero-order valence-electron chi connectivity index (χ0n) is 12.1. The lowest BCUT2D eigenvalue weighted by molar-refractivity contribution is 0.0700. The summed E-state index contributed by atoms with van der Waals surface area (Å²) >= 11 is 3.00. The Bertz CT molecular complexity index is 630. The van der Waals surface area contributed by atoms with Crippen molar-refractivity contribution in [2.75, 3.05) is 4.90 Å². The molecule has 112 valence electrons. The van der Waals surface area contributed by atoms with E-state index in [1.807, 2.05) is 13.8 Å². The van der Waals surface area contributed by atoms with Gasteiger partial charge in [0.25, 0.3) is 0 Å². The van der Waals surface area contributed by atoms with Gasteiger partial charge in [0.1, 0.15) is 4.88 Å². The molecule has 2 aromatic rings. The van der Waals surface area contributed by atoms with E-state index >= 15 is 0 Å². The third-order valence-electron chi connectivity index (χ3n) is 3.55. The summed E-state index contributed by atoms with van der Waals surface area (Å²) in [4.78, 5) is 18.7. The van der Waals surface area contributed by atoms with Crippen LogP contribution in [0.4, 0.5) is 5.13 Å². The maximum absolute atomic E-state index is 11.4. The Labute approximate surface area is 132 Å². The van der Waals surface area contributed by atoms with Crippen LogP contribution >= 0.6 is 22.7 Å². The summed E-state index contributed by atoms with van der Waals surface area (Å²) in [6.45, 7) is 4.80. The number of anilines is 1. The summed E-state index contributed by atoms with van der Waals surface area (Å²) in [5, 5.41) is 14.4. The van der Waals surface area contributed by atoms with Crippen LogP contribution in [0.25, 0.3) is 0 Å². The van der Waals surface area contributed by atoms with Gasteiger partial charge in [-0.2, -0.15) is 11.3 Å². The number of thiazole rings is 1. The van der Waals surface area contributed by atoms with Crippen molar-refractivity contribution in [3.05, 3.63) is 33.0 Å². The minimum atomic E-state index is -0.867. The molecule has 0 unspecified atom stereocenters. The molecule has 1 aliphatic carbocycles. The molecular formula is C15H18N2O2S2. The second kappa shape index (κ2) is 5.77. The molecule has 0 spiro atoms. The van der Waals surface area contributed by atoms with E-state index in [2.05, 4.69) is 26.7 Å². The molecule has 1 fully saturated rings. The van der Waals surface area contributed by atoms with Crippen molar-refractivity contribution in [1.82, 2.24) is 4.98 Å². The molecule has 0 saturated heterocycles. The maximum Gasteiger partial charge on any atom is 0.347 e. The normalized spacial score (nSPS) is 14.6. The third kappa shape index (κ3) is 3.11. The number of aromatic carboxylic acids is 1. The fraction of sp³-hybridized carbons (Fsp3) is 0.467. The lowest BCUT2D eigenvalue weighted by Gasteiger charge is -2.20. The predicted octanol–water partition coefficient (Wildman–Crippen LogP) is 4.20. The van der Waals surface area contributed by atoms with Crippen molar-refractivity contribution in [3.8, 4) is 0 Å². The Hall–Kier alpha value is -1.40. The minimum Gasteiger partial charge on any atom is -0.477 e. The quantitative estimate of drug-likeness (QED) is 0.866. The Balaban J connectivity index is 1.92. The maximum atomic E-state index is 11.4. The second-order valence-electron chi connectivity index (χ2n) is 5.66. The highest BCUT2D eigenvalue weighted by molar-refractivity contribution is 7.17. The number of hydrogen-bond acceptors (Lipinski definition) is 5. The highest BCUT2D eigenvalue weighted by Gasteiger charge is 2.33. The molecule has 0 aromatic carbocycles. The molecule has 1 saturated carbocycles. The van der Waals surface area contributed by atoms with Crippen LogP contribution in [0, 0.1) is 0 Å². The number of carboxylic acids is 1. The smallest absolute Gasteiger partial charge is 0.347 e. The van der Waals surface area contributed by atoms with Gasteiger partial charge in [0, 0.05) is 12.6 Å². The van der Waals surface area contributed by atoms with E-state index in [0.29, 0.717) is 16.6 Å². The van der Waals surface area contributed by atoms with Gasteiger partial charge in [-0.25, -0.2) is 9.78 Å². The molecule has 0 amide bonds. The molecule has 3 rings (SSSR count). The SMILES string of the molecule is CC(C)c1nc(N(Cc2ccsc2)C2CC2)sc1C(=O)O. The van der Waals surface area contributed by atoms with E-state index in [1.54, 1.807) is 11.3 Å². The van der Waals surface area contributed by atoms with E-state index in [0.717, 1.165) is 11.7 Å². The first kappa shape index (κ1) is 14.5. The standard InChI is InChI=1S/C15H18N2O2S2/c1-9(2)12-13(14(18)19)21-15(16-12)17(11-3-4-11)7-10-5-6-20-8-10/h5-6,8-9,11H,3-4,7H2,1-2H3,(H,18,19). The molecule has 0 aliphatic heterocycles. The Kier molecular flexibility index (Phi) is 3.99. The van der Waals surface area contributed by atoms with Crippen LogP contribution in [-0.2, 0) is 6.54 Å². The van der Waals surface area contributed by atoms with E-state index in [4.69, 9.17) is 0 Å². The van der Waals surface area contributed by atoms with E-state index in [9.17, 15) is 9.90 Å². The van der Waals surface area contributed by atoms with Crippen molar-refractivity contribution in [3.63, 3.8) is 0 Å². The van der Waals surface area contributed by atoms with Gasteiger partial charge in [0.15, 0.2) is 5.13 Å². The molecule has 0 atom stereocenters. The minimum absolute atomic E-state index is 0.128. The van der Waals surface area contributed by atoms with Gasteiger partial charge in [-0.15, -0.1) is 0 Å². The summed E-state index contributed by atoms with van der Waals surface area (Å²) in [6.07, 6.45) is 2.34. The number of nitrogens with zero attached hydrogens (tertiary/aromatic N) is 2. The summed E-state index contributed by atoms with van der Waals surface area (Å²) in [5.41, 5.74) is 1.98. The van der Waals surface area contributed by atoms with Crippen molar-refractivity contribution < 1.29 is 9.90 Å². The Morgan fingerprint density at radius 2 is 2.29 bits per heavy atom. The zero-order valence-corrected chi connectivity index (χ0v) is 13.7. The first-order chi connectivity index (χ1) is 10.1. The third-order valence-corrected chi connectivity index (χ3v) is 5.38. The van der Waals surface area contributed by atoms with Crippen molar-refractivity contribution >= 4 is 33.8 Å². The van der Waals surface area contributed by atoms with Crippen LogP contribution < -0.4 is 4.90 Å². The fourth-order valence-corrected chi connectivity index (χ4v) is 4.10. The average Bonchev–Trinajstić information content (AvgIpc) is 2.97. The molecule has 1 aliphatic rings.